The van der Waals surface area contributed by atoms with Crippen LogP contribution in [0.3, 0.4) is 0 Å². The molecule has 0 spiro atoms. The molecule has 0 aliphatic carbocycles. The molecule has 0 aromatic heterocycles. The van der Waals surface area contributed by atoms with Crippen molar-refractivity contribution in [1.29, 1.82) is 0 Å². The van der Waals surface area contributed by atoms with Crippen LogP contribution in [-0.2, 0) is 11.3 Å². The van der Waals surface area contributed by atoms with Crippen LogP contribution in [-0.4, -0.2) is 44.6 Å². The monoisotopic (exact) mass is 473 g/mol. The second kappa shape index (κ2) is 12.0. The van der Waals surface area contributed by atoms with Gasteiger partial charge in [-0.3, -0.25) is 4.79 Å². The summed E-state index contributed by atoms with van der Waals surface area (Å²) in [5.74, 6) is 1.63. The molecule has 146 valence electrons. The second-order valence-electron chi connectivity index (χ2n) is 6.74. The lowest BCUT2D eigenvalue weighted by molar-refractivity contribution is -0.120. The van der Waals surface area contributed by atoms with Crippen LogP contribution in [0.15, 0.2) is 29.3 Å². The van der Waals surface area contributed by atoms with Crippen LogP contribution in [0.25, 0.3) is 0 Å². The summed E-state index contributed by atoms with van der Waals surface area (Å²) in [7, 11) is 0. The molecular weight excluding hydrogens is 441 g/mol. The highest BCUT2D eigenvalue weighted by Gasteiger charge is 2.16. The minimum Gasteiger partial charge on any atom is -0.360 e. The SMILES string of the molecule is CCNC(=NCc1ccc(N2CCNC(=O)C2)cc1)NCCC(C)C.I. The van der Waals surface area contributed by atoms with Crippen molar-refractivity contribution in [2.24, 2.45) is 10.9 Å². The molecule has 1 fully saturated rings. The van der Waals surface area contributed by atoms with Crippen molar-refractivity contribution in [3.63, 3.8) is 0 Å². The van der Waals surface area contributed by atoms with E-state index in [0.717, 1.165) is 43.3 Å². The Hall–Kier alpha value is -1.51. The van der Waals surface area contributed by atoms with E-state index in [4.69, 9.17) is 0 Å². The second-order valence-corrected chi connectivity index (χ2v) is 6.74. The van der Waals surface area contributed by atoms with Gasteiger partial charge in [0.15, 0.2) is 5.96 Å². The van der Waals surface area contributed by atoms with Crippen molar-refractivity contribution in [2.45, 2.75) is 33.7 Å². The molecule has 1 aromatic carbocycles. The lowest BCUT2D eigenvalue weighted by Crippen LogP contribution is -2.47. The normalized spacial score (nSPS) is 14.7. The molecule has 1 amide bonds. The van der Waals surface area contributed by atoms with E-state index < -0.39 is 0 Å². The van der Waals surface area contributed by atoms with Crippen LogP contribution < -0.4 is 20.9 Å². The fourth-order valence-electron chi connectivity index (χ4n) is 2.66. The summed E-state index contributed by atoms with van der Waals surface area (Å²) in [4.78, 5) is 18.2. The minimum absolute atomic E-state index is 0. The molecule has 7 heteroatoms. The van der Waals surface area contributed by atoms with Gasteiger partial charge < -0.3 is 20.9 Å². The predicted molar refractivity (Wildman–Crippen MR) is 119 cm³/mol. The summed E-state index contributed by atoms with van der Waals surface area (Å²) in [5.41, 5.74) is 2.25. The largest absolute Gasteiger partial charge is 0.360 e. The molecule has 0 unspecified atom stereocenters. The number of guanidine groups is 1. The van der Waals surface area contributed by atoms with E-state index in [-0.39, 0.29) is 29.9 Å². The first kappa shape index (κ1) is 22.5. The number of halogens is 1. The summed E-state index contributed by atoms with van der Waals surface area (Å²) in [5, 5.41) is 9.51. The molecule has 0 bridgehead atoms. The summed E-state index contributed by atoms with van der Waals surface area (Å²) in [6, 6.07) is 8.32. The van der Waals surface area contributed by atoms with Gasteiger partial charge in [0.2, 0.25) is 5.91 Å². The number of benzene rings is 1. The molecule has 0 atom stereocenters. The van der Waals surface area contributed by atoms with Crippen molar-refractivity contribution in [3.05, 3.63) is 29.8 Å². The highest BCUT2D eigenvalue weighted by molar-refractivity contribution is 14.0. The van der Waals surface area contributed by atoms with E-state index in [1.54, 1.807) is 0 Å². The molecule has 1 aromatic rings. The lowest BCUT2D eigenvalue weighted by Gasteiger charge is -2.28. The zero-order valence-corrected chi connectivity index (χ0v) is 18.4. The zero-order chi connectivity index (χ0) is 18.1. The third kappa shape index (κ3) is 7.80. The number of amides is 1. The number of piperazine rings is 1. The van der Waals surface area contributed by atoms with Gasteiger partial charge in [-0.15, -0.1) is 24.0 Å². The smallest absolute Gasteiger partial charge is 0.239 e. The Labute approximate surface area is 174 Å². The first-order valence-electron chi connectivity index (χ1n) is 9.21. The van der Waals surface area contributed by atoms with E-state index in [0.29, 0.717) is 25.6 Å². The average Bonchev–Trinajstić information content (AvgIpc) is 2.60. The van der Waals surface area contributed by atoms with Crippen LogP contribution >= 0.6 is 24.0 Å². The highest BCUT2D eigenvalue weighted by Crippen LogP contribution is 2.16. The number of anilines is 1. The number of nitrogens with one attached hydrogen (secondary N) is 3. The summed E-state index contributed by atoms with van der Waals surface area (Å²) in [6.45, 7) is 10.9. The first-order valence-corrected chi connectivity index (χ1v) is 9.21. The van der Waals surface area contributed by atoms with E-state index in [1.807, 2.05) is 0 Å². The van der Waals surface area contributed by atoms with Crippen molar-refractivity contribution >= 4 is 41.5 Å². The number of hydrogen-bond donors (Lipinski definition) is 3. The van der Waals surface area contributed by atoms with E-state index in [2.05, 4.69) is 70.9 Å². The maximum atomic E-state index is 11.5. The average molecular weight is 473 g/mol. The van der Waals surface area contributed by atoms with E-state index in [1.165, 1.54) is 0 Å². The Bertz CT molecular complexity index is 574. The molecule has 26 heavy (non-hydrogen) atoms. The fraction of sp³-hybridized carbons (Fsp3) is 0.579. The topological polar surface area (TPSA) is 68.8 Å². The van der Waals surface area contributed by atoms with Crippen LogP contribution in [0.5, 0.6) is 0 Å². The Morgan fingerprint density at radius 2 is 2.00 bits per heavy atom. The quantitative estimate of drug-likeness (QED) is 0.323. The molecule has 0 saturated carbocycles. The Kier molecular flexibility index (Phi) is 10.4. The molecule has 1 heterocycles. The predicted octanol–water partition coefficient (Wildman–Crippen LogP) is 2.34. The van der Waals surface area contributed by atoms with Crippen LogP contribution in [0.2, 0.25) is 0 Å². The maximum absolute atomic E-state index is 11.5. The van der Waals surface area contributed by atoms with Crippen molar-refractivity contribution in [3.8, 4) is 0 Å². The number of rotatable bonds is 7. The van der Waals surface area contributed by atoms with Gasteiger partial charge in [-0.1, -0.05) is 26.0 Å². The van der Waals surface area contributed by atoms with Gasteiger partial charge in [0.25, 0.3) is 0 Å². The van der Waals surface area contributed by atoms with E-state index in [9.17, 15) is 4.79 Å². The Morgan fingerprint density at radius 3 is 2.62 bits per heavy atom. The summed E-state index contributed by atoms with van der Waals surface area (Å²) >= 11 is 0. The van der Waals surface area contributed by atoms with Gasteiger partial charge in [0.1, 0.15) is 0 Å². The molecular formula is C19H32IN5O. The standard InChI is InChI=1S/C19H31N5O.HI/c1-4-20-19(22-10-9-15(2)3)23-13-16-5-7-17(8-6-16)24-12-11-21-18(25)14-24;/h5-8,15H,4,9-14H2,1-3H3,(H,21,25)(H2,20,22,23);1H. The number of hydrogen-bond acceptors (Lipinski definition) is 3. The summed E-state index contributed by atoms with van der Waals surface area (Å²) < 4.78 is 0. The lowest BCUT2D eigenvalue weighted by atomic mass is 10.1. The third-order valence-corrected chi connectivity index (χ3v) is 4.12. The molecule has 1 aliphatic heterocycles. The van der Waals surface area contributed by atoms with Crippen LogP contribution in [0, 0.1) is 5.92 Å². The maximum Gasteiger partial charge on any atom is 0.239 e. The van der Waals surface area contributed by atoms with Crippen LogP contribution in [0.1, 0.15) is 32.8 Å². The summed E-state index contributed by atoms with van der Waals surface area (Å²) in [6.07, 6.45) is 1.13. The zero-order valence-electron chi connectivity index (χ0n) is 16.0. The van der Waals surface area contributed by atoms with Gasteiger partial charge >= 0.3 is 0 Å². The van der Waals surface area contributed by atoms with Crippen LogP contribution in [0.4, 0.5) is 5.69 Å². The number of carbonyl (C=O) groups excluding carboxylic acids is 1. The first-order chi connectivity index (χ1) is 12.1. The van der Waals surface area contributed by atoms with Crippen molar-refractivity contribution in [1.82, 2.24) is 16.0 Å². The van der Waals surface area contributed by atoms with Gasteiger partial charge in [-0.2, -0.15) is 0 Å². The van der Waals surface area contributed by atoms with E-state index >= 15 is 0 Å². The van der Waals surface area contributed by atoms with Crippen molar-refractivity contribution < 1.29 is 4.79 Å². The Morgan fingerprint density at radius 1 is 1.27 bits per heavy atom. The molecule has 1 aliphatic rings. The fourth-order valence-corrected chi connectivity index (χ4v) is 2.66. The minimum atomic E-state index is 0. The Balaban J connectivity index is 0.00000338. The van der Waals surface area contributed by atoms with Crippen molar-refractivity contribution in [2.75, 3.05) is 37.6 Å². The van der Waals surface area contributed by atoms with Gasteiger partial charge in [0.05, 0.1) is 13.1 Å². The number of carbonyl (C=O) groups is 1. The third-order valence-electron chi connectivity index (χ3n) is 4.12. The number of nitrogens with zero attached hydrogens (tertiary/aromatic N) is 2. The highest BCUT2D eigenvalue weighted by atomic mass is 127. The molecule has 2 rings (SSSR count). The number of aliphatic imine (C=N–C) groups is 1. The molecule has 1 saturated heterocycles. The van der Waals surface area contributed by atoms with Gasteiger partial charge in [0, 0.05) is 31.9 Å². The van der Waals surface area contributed by atoms with Gasteiger partial charge in [-0.25, -0.2) is 4.99 Å². The molecule has 6 nitrogen and oxygen atoms in total. The molecule has 0 radical (unpaired) electrons. The molecule has 3 N–H and O–H groups in total. The van der Waals surface area contributed by atoms with Gasteiger partial charge in [-0.05, 0) is 37.0 Å².